The van der Waals surface area contributed by atoms with Crippen LogP contribution in [0.25, 0.3) is 0 Å². The Morgan fingerprint density at radius 2 is 1.55 bits per heavy atom. The van der Waals surface area contributed by atoms with Crippen molar-refractivity contribution in [2.45, 2.75) is 31.3 Å². The van der Waals surface area contributed by atoms with Crippen LogP contribution in [-0.2, 0) is 9.47 Å². The number of carbonyl (C=O) groups excluding carboxylic acids is 1. The van der Waals surface area contributed by atoms with E-state index >= 15 is 0 Å². The lowest BCUT2D eigenvalue weighted by Gasteiger charge is -2.26. The van der Waals surface area contributed by atoms with Crippen molar-refractivity contribution in [3.63, 3.8) is 0 Å². The van der Waals surface area contributed by atoms with E-state index in [-0.39, 0.29) is 24.3 Å². The highest BCUT2D eigenvalue weighted by Gasteiger charge is 2.38. The molecular formula is C21H19F6NO5. The average Bonchev–Trinajstić information content (AvgIpc) is 3.14. The fraction of sp³-hybridized carbons (Fsp3) is 0.381. The van der Waals surface area contributed by atoms with Crippen molar-refractivity contribution in [1.29, 1.82) is 0 Å². The third-order valence-corrected chi connectivity index (χ3v) is 4.80. The van der Waals surface area contributed by atoms with Gasteiger partial charge < -0.3 is 19.1 Å². The number of ether oxygens (including phenoxy) is 4. The van der Waals surface area contributed by atoms with Crippen LogP contribution in [0, 0.1) is 0 Å². The van der Waals surface area contributed by atoms with Crippen molar-refractivity contribution in [2.24, 2.45) is 0 Å². The molecule has 6 nitrogen and oxygen atoms in total. The van der Waals surface area contributed by atoms with Crippen LogP contribution >= 0.6 is 0 Å². The monoisotopic (exact) mass is 479 g/mol. The Hall–Kier alpha value is -3.15. The largest absolute Gasteiger partial charge is 0.573 e. The van der Waals surface area contributed by atoms with Gasteiger partial charge in [0, 0.05) is 12.1 Å². The molecule has 33 heavy (non-hydrogen) atoms. The average molecular weight is 479 g/mol. The summed E-state index contributed by atoms with van der Waals surface area (Å²) in [6.07, 6.45) is -10.0. The molecule has 2 atom stereocenters. The number of rotatable bonds is 7. The minimum atomic E-state index is -4.83. The van der Waals surface area contributed by atoms with Gasteiger partial charge in [-0.1, -0.05) is 0 Å². The summed E-state index contributed by atoms with van der Waals surface area (Å²) in [6.45, 7) is -0.468. The predicted octanol–water partition coefficient (Wildman–Crippen LogP) is 4.93. The van der Waals surface area contributed by atoms with E-state index in [1.807, 2.05) is 0 Å². The van der Waals surface area contributed by atoms with Crippen LogP contribution in [0.15, 0.2) is 48.5 Å². The fourth-order valence-electron chi connectivity index (χ4n) is 3.44. The normalized spacial score (nSPS) is 18.8. The molecule has 2 aromatic rings. The number of carbonyl (C=O) groups is 1. The van der Waals surface area contributed by atoms with Crippen LogP contribution < -0.4 is 14.4 Å². The molecule has 0 unspecified atom stereocenters. The summed E-state index contributed by atoms with van der Waals surface area (Å²) < 4.78 is 92.9. The molecule has 0 spiro atoms. The van der Waals surface area contributed by atoms with Gasteiger partial charge in [0.05, 0.1) is 31.9 Å². The lowest BCUT2D eigenvalue weighted by atomic mass is 10.1. The zero-order valence-electron chi connectivity index (χ0n) is 17.2. The van der Waals surface area contributed by atoms with E-state index in [0.29, 0.717) is 5.69 Å². The maximum atomic E-state index is 12.6. The molecule has 0 saturated carbocycles. The minimum absolute atomic E-state index is 0.162. The number of hydrogen-bond donors (Lipinski definition) is 0. The molecule has 0 N–H and O–H groups in total. The SMILES string of the molecule is COC(=O)c1ccc(N2C[C@@H](Oc3ccc(OC(F)(F)F)cc3)C[C@H]2COC(F)(F)F)cc1. The van der Waals surface area contributed by atoms with Gasteiger partial charge in [-0.2, -0.15) is 0 Å². The Morgan fingerprint density at radius 3 is 2.09 bits per heavy atom. The predicted molar refractivity (Wildman–Crippen MR) is 103 cm³/mol. The van der Waals surface area contributed by atoms with Crippen LogP contribution in [-0.4, -0.2) is 51.1 Å². The van der Waals surface area contributed by atoms with Crippen LogP contribution in [0.5, 0.6) is 11.5 Å². The van der Waals surface area contributed by atoms with Gasteiger partial charge in [-0.25, -0.2) is 4.79 Å². The summed E-state index contributed by atoms with van der Waals surface area (Å²) in [6, 6.07) is 10.1. The number of hydrogen-bond acceptors (Lipinski definition) is 6. The molecule has 180 valence electrons. The molecule has 1 heterocycles. The maximum absolute atomic E-state index is 12.6. The molecule has 1 aliphatic rings. The lowest BCUT2D eigenvalue weighted by Crippen LogP contribution is -2.35. The Bertz CT molecular complexity index is 930. The second-order valence-electron chi connectivity index (χ2n) is 7.10. The van der Waals surface area contributed by atoms with Crippen molar-refractivity contribution in [3.8, 4) is 11.5 Å². The first-order chi connectivity index (χ1) is 15.4. The third kappa shape index (κ3) is 7.17. The van der Waals surface area contributed by atoms with Gasteiger partial charge in [0.2, 0.25) is 0 Å². The summed E-state index contributed by atoms with van der Waals surface area (Å²) in [5.74, 6) is -0.753. The van der Waals surface area contributed by atoms with Gasteiger partial charge in [-0.05, 0) is 48.5 Å². The van der Waals surface area contributed by atoms with E-state index in [1.54, 1.807) is 17.0 Å². The number of benzene rings is 2. The first-order valence-electron chi connectivity index (χ1n) is 9.62. The zero-order valence-corrected chi connectivity index (χ0v) is 17.2. The Morgan fingerprint density at radius 1 is 0.939 bits per heavy atom. The van der Waals surface area contributed by atoms with Crippen LogP contribution in [0.1, 0.15) is 16.8 Å². The third-order valence-electron chi connectivity index (χ3n) is 4.80. The molecule has 0 aromatic heterocycles. The van der Waals surface area contributed by atoms with Gasteiger partial charge in [-0.15, -0.1) is 26.3 Å². The van der Waals surface area contributed by atoms with Crippen LogP contribution in [0.2, 0.25) is 0 Å². The highest BCUT2D eigenvalue weighted by Crippen LogP contribution is 2.31. The Balaban J connectivity index is 1.72. The van der Waals surface area contributed by atoms with E-state index in [9.17, 15) is 31.1 Å². The molecule has 0 bridgehead atoms. The molecule has 2 aromatic carbocycles. The zero-order chi connectivity index (χ0) is 24.2. The van der Waals surface area contributed by atoms with E-state index in [1.165, 1.54) is 31.4 Å². The summed E-state index contributed by atoms with van der Waals surface area (Å²) in [5, 5.41) is 0. The molecule has 0 radical (unpaired) electrons. The molecular weight excluding hydrogens is 460 g/mol. The maximum Gasteiger partial charge on any atom is 0.573 e. The van der Waals surface area contributed by atoms with Crippen molar-refractivity contribution in [1.82, 2.24) is 0 Å². The van der Waals surface area contributed by atoms with Crippen LogP contribution in [0.4, 0.5) is 32.0 Å². The van der Waals surface area contributed by atoms with E-state index in [4.69, 9.17) is 4.74 Å². The van der Waals surface area contributed by atoms with Crippen molar-refractivity contribution >= 4 is 11.7 Å². The van der Waals surface area contributed by atoms with Crippen molar-refractivity contribution in [3.05, 3.63) is 54.1 Å². The molecule has 0 amide bonds. The number of methoxy groups -OCH3 is 1. The summed E-state index contributed by atoms with van der Waals surface area (Å²) in [4.78, 5) is 13.3. The highest BCUT2D eigenvalue weighted by atomic mass is 19.4. The quantitative estimate of drug-likeness (QED) is 0.415. The Kier molecular flexibility index (Phi) is 7.25. The molecule has 0 aliphatic carbocycles. The second kappa shape index (κ2) is 9.77. The Labute approximate surface area is 184 Å². The van der Waals surface area contributed by atoms with Crippen LogP contribution in [0.3, 0.4) is 0 Å². The molecule has 12 heteroatoms. The molecule has 1 saturated heterocycles. The smallest absolute Gasteiger partial charge is 0.489 e. The van der Waals surface area contributed by atoms with Gasteiger partial charge >= 0.3 is 18.7 Å². The summed E-state index contributed by atoms with van der Waals surface area (Å²) in [7, 11) is 1.23. The second-order valence-corrected chi connectivity index (χ2v) is 7.10. The molecule has 1 aliphatic heterocycles. The number of anilines is 1. The van der Waals surface area contributed by atoms with Crippen molar-refractivity contribution < 1.29 is 50.1 Å². The highest BCUT2D eigenvalue weighted by molar-refractivity contribution is 5.89. The number of esters is 1. The van der Waals surface area contributed by atoms with E-state index in [0.717, 1.165) is 12.1 Å². The van der Waals surface area contributed by atoms with Gasteiger partial charge in [0.25, 0.3) is 0 Å². The lowest BCUT2D eigenvalue weighted by molar-refractivity contribution is -0.325. The van der Waals surface area contributed by atoms with Gasteiger partial charge in [0.1, 0.15) is 17.6 Å². The van der Waals surface area contributed by atoms with Gasteiger partial charge in [0.15, 0.2) is 0 Å². The molecule has 3 rings (SSSR count). The van der Waals surface area contributed by atoms with Gasteiger partial charge in [-0.3, -0.25) is 4.74 Å². The number of alkyl halides is 6. The topological polar surface area (TPSA) is 57.2 Å². The standard InChI is InChI=1S/C21H19F6NO5/c1-30-19(29)13-2-4-14(5-3-13)28-11-18(10-15(28)12-31-20(22,23)24)32-16-6-8-17(9-7-16)33-21(25,26)27/h2-9,15,18H,10-12H2,1H3/t15-,18-/m0/s1. The fourth-order valence-corrected chi connectivity index (χ4v) is 3.44. The summed E-state index contributed by atoms with van der Waals surface area (Å²) in [5.41, 5.74) is 0.816. The number of halogens is 6. The first-order valence-corrected chi connectivity index (χ1v) is 9.62. The first kappa shape index (κ1) is 24.5. The summed E-state index contributed by atoms with van der Waals surface area (Å²) >= 11 is 0. The minimum Gasteiger partial charge on any atom is -0.489 e. The van der Waals surface area contributed by atoms with Crippen molar-refractivity contribution in [2.75, 3.05) is 25.2 Å². The van der Waals surface area contributed by atoms with E-state index < -0.39 is 43.2 Å². The van der Waals surface area contributed by atoms with E-state index in [2.05, 4.69) is 14.2 Å². The molecule has 1 fully saturated rings. The number of nitrogens with zero attached hydrogens (tertiary/aromatic N) is 1.